The Hall–Kier alpha value is -1.29. The third-order valence-corrected chi connectivity index (χ3v) is 2.92. The number of aryl methyl sites for hydroxylation is 1. The molecular weight excluding hydrogens is 214 g/mol. The van der Waals surface area contributed by atoms with Gasteiger partial charge in [-0.1, -0.05) is 6.92 Å². The number of amides is 1. The van der Waals surface area contributed by atoms with E-state index in [0.29, 0.717) is 12.6 Å². The molecule has 0 atom stereocenters. The van der Waals surface area contributed by atoms with E-state index in [9.17, 15) is 4.79 Å². The van der Waals surface area contributed by atoms with Crippen LogP contribution in [0.3, 0.4) is 0 Å². The van der Waals surface area contributed by atoms with E-state index in [0.717, 1.165) is 32.4 Å². The maximum Gasteiger partial charge on any atom is 0.234 e. The first-order chi connectivity index (χ1) is 8.29. The highest BCUT2D eigenvalue weighted by Crippen LogP contribution is 2.18. The van der Waals surface area contributed by atoms with E-state index < -0.39 is 0 Å². The van der Waals surface area contributed by atoms with Crippen LogP contribution >= 0.6 is 0 Å². The van der Waals surface area contributed by atoms with Crippen molar-refractivity contribution in [3.63, 3.8) is 0 Å². The van der Waals surface area contributed by atoms with E-state index in [1.54, 1.807) is 0 Å². The Morgan fingerprint density at radius 1 is 1.53 bits per heavy atom. The normalized spacial score (nSPS) is 14.9. The summed E-state index contributed by atoms with van der Waals surface area (Å²) >= 11 is 0. The number of nitrogens with zero attached hydrogens (tertiary/aromatic N) is 1. The Morgan fingerprint density at radius 3 is 3.06 bits per heavy atom. The number of aromatic nitrogens is 1. The smallest absolute Gasteiger partial charge is 0.234 e. The van der Waals surface area contributed by atoms with Gasteiger partial charge in [0.15, 0.2) is 0 Å². The van der Waals surface area contributed by atoms with Crippen LogP contribution in [0.25, 0.3) is 0 Å². The van der Waals surface area contributed by atoms with E-state index in [-0.39, 0.29) is 5.91 Å². The first-order valence-electron chi connectivity index (χ1n) is 6.43. The Kier molecular flexibility index (Phi) is 4.20. The zero-order chi connectivity index (χ0) is 12.1. The van der Waals surface area contributed by atoms with Gasteiger partial charge in [0, 0.05) is 31.0 Å². The Morgan fingerprint density at radius 2 is 2.35 bits per heavy atom. The van der Waals surface area contributed by atoms with Gasteiger partial charge < -0.3 is 15.2 Å². The number of nitrogens with one attached hydrogen (secondary N) is 2. The van der Waals surface area contributed by atoms with Crippen LogP contribution in [0.2, 0.25) is 0 Å². The molecule has 0 aliphatic heterocycles. The van der Waals surface area contributed by atoms with Gasteiger partial charge in [-0.15, -0.1) is 0 Å². The number of carbonyl (C=O) groups is 1. The lowest BCUT2D eigenvalue weighted by molar-refractivity contribution is -0.120. The summed E-state index contributed by atoms with van der Waals surface area (Å²) < 4.78 is 2.23. The van der Waals surface area contributed by atoms with Crippen molar-refractivity contribution in [3.05, 3.63) is 24.0 Å². The minimum atomic E-state index is 0.112. The van der Waals surface area contributed by atoms with Crippen LogP contribution in [0.1, 0.15) is 31.9 Å². The standard InChI is InChI=1S/C13H21N3O/c1-2-7-16-8-3-4-12(16)9-14-10-13(17)15-11-5-6-11/h3-4,8,11,14H,2,5-7,9-10H2,1H3,(H,15,17). The maximum atomic E-state index is 11.5. The first-order valence-corrected chi connectivity index (χ1v) is 6.43. The average Bonchev–Trinajstić information content (AvgIpc) is 3.00. The van der Waals surface area contributed by atoms with Crippen LogP contribution in [0, 0.1) is 0 Å². The molecule has 1 aliphatic rings. The fourth-order valence-corrected chi connectivity index (χ4v) is 1.88. The van der Waals surface area contributed by atoms with Crippen molar-refractivity contribution in [2.45, 2.75) is 45.3 Å². The zero-order valence-electron chi connectivity index (χ0n) is 10.4. The van der Waals surface area contributed by atoms with Crippen LogP contribution in [0.4, 0.5) is 0 Å². The van der Waals surface area contributed by atoms with Crippen molar-refractivity contribution in [2.75, 3.05) is 6.54 Å². The molecule has 0 radical (unpaired) electrons. The summed E-state index contributed by atoms with van der Waals surface area (Å²) in [5.74, 6) is 0.112. The summed E-state index contributed by atoms with van der Waals surface area (Å²) in [4.78, 5) is 11.5. The molecule has 94 valence electrons. The molecule has 0 spiro atoms. The summed E-state index contributed by atoms with van der Waals surface area (Å²) in [6.45, 7) is 4.37. The van der Waals surface area contributed by atoms with Gasteiger partial charge in [-0.05, 0) is 31.4 Å². The van der Waals surface area contributed by atoms with Crippen molar-refractivity contribution >= 4 is 5.91 Å². The SMILES string of the molecule is CCCn1cccc1CNCC(=O)NC1CC1. The molecule has 1 amide bonds. The average molecular weight is 235 g/mol. The van der Waals surface area contributed by atoms with Crippen LogP contribution < -0.4 is 10.6 Å². The number of hydrogen-bond donors (Lipinski definition) is 2. The lowest BCUT2D eigenvalue weighted by Gasteiger charge is -2.09. The van der Waals surface area contributed by atoms with Crippen LogP contribution in [-0.4, -0.2) is 23.1 Å². The second-order valence-corrected chi connectivity index (χ2v) is 4.64. The fraction of sp³-hybridized carbons (Fsp3) is 0.615. The van der Waals surface area contributed by atoms with Crippen molar-refractivity contribution in [2.24, 2.45) is 0 Å². The summed E-state index contributed by atoms with van der Waals surface area (Å²) in [6.07, 6.45) is 5.50. The van der Waals surface area contributed by atoms with Crippen molar-refractivity contribution in [1.29, 1.82) is 0 Å². The highest BCUT2D eigenvalue weighted by atomic mass is 16.2. The maximum absolute atomic E-state index is 11.5. The molecule has 0 unspecified atom stereocenters. The van der Waals surface area contributed by atoms with Crippen molar-refractivity contribution in [3.8, 4) is 0 Å². The second kappa shape index (κ2) is 5.87. The molecule has 4 heteroatoms. The molecular formula is C13H21N3O. The fourth-order valence-electron chi connectivity index (χ4n) is 1.88. The van der Waals surface area contributed by atoms with Gasteiger partial charge in [-0.2, -0.15) is 0 Å². The lowest BCUT2D eigenvalue weighted by Crippen LogP contribution is -2.35. The first kappa shape index (κ1) is 12.2. The van der Waals surface area contributed by atoms with E-state index in [2.05, 4.69) is 40.5 Å². The molecule has 1 aliphatic carbocycles. The molecule has 0 bridgehead atoms. The molecule has 1 aromatic rings. The van der Waals surface area contributed by atoms with E-state index in [1.165, 1.54) is 5.69 Å². The topological polar surface area (TPSA) is 46.1 Å². The molecule has 1 saturated carbocycles. The Balaban J connectivity index is 1.69. The van der Waals surface area contributed by atoms with E-state index in [1.807, 2.05) is 0 Å². The van der Waals surface area contributed by atoms with Crippen molar-refractivity contribution < 1.29 is 4.79 Å². The summed E-state index contributed by atoms with van der Waals surface area (Å²) in [5.41, 5.74) is 1.24. The summed E-state index contributed by atoms with van der Waals surface area (Å²) in [5, 5.41) is 6.15. The predicted molar refractivity (Wildman–Crippen MR) is 67.6 cm³/mol. The molecule has 0 saturated heterocycles. The Labute approximate surface area is 102 Å². The number of hydrogen-bond acceptors (Lipinski definition) is 2. The van der Waals surface area contributed by atoms with Crippen LogP contribution in [0.15, 0.2) is 18.3 Å². The van der Waals surface area contributed by atoms with Gasteiger partial charge in [0.05, 0.1) is 6.54 Å². The van der Waals surface area contributed by atoms with Gasteiger partial charge in [0.1, 0.15) is 0 Å². The van der Waals surface area contributed by atoms with Gasteiger partial charge in [0.2, 0.25) is 5.91 Å². The largest absolute Gasteiger partial charge is 0.352 e. The molecule has 1 aromatic heterocycles. The molecule has 2 N–H and O–H groups in total. The van der Waals surface area contributed by atoms with Crippen LogP contribution in [-0.2, 0) is 17.9 Å². The highest BCUT2D eigenvalue weighted by molar-refractivity contribution is 5.78. The van der Waals surface area contributed by atoms with E-state index in [4.69, 9.17) is 0 Å². The van der Waals surface area contributed by atoms with Crippen molar-refractivity contribution in [1.82, 2.24) is 15.2 Å². The molecule has 2 rings (SSSR count). The summed E-state index contributed by atoms with van der Waals surface area (Å²) in [6, 6.07) is 4.60. The number of rotatable bonds is 7. The summed E-state index contributed by atoms with van der Waals surface area (Å²) in [7, 11) is 0. The highest BCUT2D eigenvalue weighted by Gasteiger charge is 2.22. The lowest BCUT2D eigenvalue weighted by atomic mass is 10.4. The van der Waals surface area contributed by atoms with Gasteiger partial charge in [-0.3, -0.25) is 4.79 Å². The predicted octanol–water partition coefficient (Wildman–Crippen LogP) is 1.27. The molecule has 17 heavy (non-hydrogen) atoms. The minimum Gasteiger partial charge on any atom is -0.352 e. The van der Waals surface area contributed by atoms with Gasteiger partial charge in [-0.25, -0.2) is 0 Å². The van der Waals surface area contributed by atoms with Crippen LogP contribution in [0.5, 0.6) is 0 Å². The third-order valence-electron chi connectivity index (χ3n) is 2.92. The van der Waals surface area contributed by atoms with Gasteiger partial charge >= 0.3 is 0 Å². The molecule has 1 fully saturated rings. The zero-order valence-corrected chi connectivity index (χ0v) is 10.4. The monoisotopic (exact) mass is 235 g/mol. The minimum absolute atomic E-state index is 0.112. The Bertz CT molecular complexity index is 368. The molecule has 4 nitrogen and oxygen atoms in total. The molecule has 1 heterocycles. The third kappa shape index (κ3) is 3.89. The second-order valence-electron chi connectivity index (χ2n) is 4.64. The quantitative estimate of drug-likeness (QED) is 0.747. The van der Waals surface area contributed by atoms with Gasteiger partial charge in [0.25, 0.3) is 0 Å². The van der Waals surface area contributed by atoms with E-state index >= 15 is 0 Å². The number of carbonyl (C=O) groups excluding carboxylic acids is 1. The molecule has 0 aromatic carbocycles.